The highest BCUT2D eigenvalue weighted by molar-refractivity contribution is 6.22. The number of fused-ring (bicyclic) bond motifs is 1. The van der Waals surface area contributed by atoms with Crippen molar-refractivity contribution in [2.75, 3.05) is 33.3 Å². The fourth-order valence-electron chi connectivity index (χ4n) is 5.53. The predicted octanol–water partition coefficient (Wildman–Crippen LogP) is 3.91. The number of carbonyl (C=O) groups is 5. The molecule has 2 aliphatic heterocycles. The highest BCUT2D eigenvalue weighted by Gasteiger charge is 2.50. The van der Waals surface area contributed by atoms with Crippen LogP contribution in [-0.2, 0) is 30.4 Å². The highest BCUT2D eigenvalue weighted by atomic mass is 16.6. The molecule has 2 aliphatic rings. The second-order valence-electron chi connectivity index (χ2n) is 12.8. The van der Waals surface area contributed by atoms with Gasteiger partial charge < -0.3 is 14.2 Å². The Kier molecular flexibility index (Phi) is 9.78. The van der Waals surface area contributed by atoms with Gasteiger partial charge in [-0.05, 0) is 56.8 Å². The fourth-order valence-corrected chi connectivity index (χ4v) is 5.53. The van der Waals surface area contributed by atoms with E-state index in [2.05, 4.69) is 0 Å². The van der Waals surface area contributed by atoms with Gasteiger partial charge in [0.1, 0.15) is 24.3 Å². The third-order valence-corrected chi connectivity index (χ3v) is 7.91. The fraction of sp³-hybridized carbons (Fsp3) is 0.485. The van der Waals surface area contributed by atoms with Crippen LogP contribution in [0.1, 0.15) is 67.3 Å². The minimum atomic E-state index is -1.21. The molecular weight excluding hydrogens is 566 g/mol. The molecule has 0 bridgehead atoms. The van der Waals surface area contributed by atoms with Crippen molar-refractivity contribution < 1.29 is 38.2 Å². The van der Waals surface area contributed by atoms with E-state index < -0.39 is 52.9 Å². The quantitative estimate of drug-likeness (QED) is 0.237. The number of carbonyl (C=O) groups excluding carboxylic acids is 5. The normalized spacial score (nSPS) is 18.1. The molecule has 2 aromatic rings. The topological polar surface area (TPSA) is 123 Å². The van der Waals surface area contributed by atoms with Crippen molar-refractivity contribution in [1.29, 1.82) is 0 Å². The van der Waals surface area contributed by atoms with E-state index in [1.165, 1.54) is 12.0 Å². The van der Waals surface area contributed by atoms with Gasteiger partial charge in [0.05, 0.1) is 18.2 Å². The Morgan fingerprint density at radius 3 is 2.05 bits per heavy atom. The number of ether oxygens (including phenoxy) is 3. The molecule has 0 aromatic heterocycles. The number of benzene rings is 2. The Hall–Kier alpha value is -4.25. The first-order chi connectivity index (χ1) is 20.7. The van der Waals surface area contributed by atoms with Crippen LogP contribution in [0.2, 0.25) is 0 Å². The molecule has 1 saturated heterocycles. The van der Waals surface area contributed by atoms with Gasteiger partial charge in [0.25, 0.3) is 11.8 Å². The second-order valence-corrected chi connectivity index (χ2v) is 12.8. The van der Waals surface area contributed by atoms with Crippen molar-refractivity contribution in [3.05, 3.63) is 71.3 Å². The van der Waals surface area contributed by atoms with E-state index in [4.69, 9.17) is 14.2 Å². The van der Waals surface area contributed by atoms with E-state index in [1.807, 2.05) is 49.1 Å². The van der Waals surface area contributed by atoms with Crippen LogP contribution in [0.25, 0.3) is 0 Å². The summed E-state index contributed by atoms with van der Waals surface area (Å²) >= 11 is 0. The Bertz CT molecular complexity index is 1370. The molecule has 11 heteroatoms. The minimum Gasteiger partial charge on any atom is -0.467 e. The van der Waals surface area contributed by atoms with Gasteiger partial charge in [-0.25, -0.2) is 14.4 Å². The van der Waals surface area contributed by atoms with Crippen LogP contribution in [0, 0.1) is 5.41 Å². The first-order valence-electron chi connectivity index (χ1n) is 14.7. The standard InChI is InChI=1S/C33H41N3O8/c1-32(2,3)44-31(41)35-19-18-34(20-25(35)29(39)42-6)17-16-33(4,5)26(30(40)43-21-22-12-8-7-9-13-22)36-27(37)23-14-10-11-15-24(23)28(36)38/h7-15,25-26H,16-21H2,1-6H3/t25-,26+/m1/s1. The molecule has 0 radical (unpaired) electrons. The van der Waals surface area contributed by atoms with Gasteiger partial charge in [0.15, 0.2) is 0 Å². The lowest BCUT2D eigenvalue weighted by Crippen LogP contribution is -2.60. The third kappa shape index (κ3) is 7.27. The number of imide groups is 1. The molecule has 236 valence electrons. The molecule has 2 atom stereocenters. The summed E-state index contributed by atoms with van der Waals surface area (Å²) in [6, 6.07) is 13.6. The zero-order valence-corrected chi connectivity index (χ0v) is 26.2. The lowest BCUT2D eigenvalue weighted by Gasteiger charge is -2.42. The number of esters is 2. The number of hydrogen-bond acceptors (Lipinski definition) is 9. The van der Waals surface area contributed by atoms with E-state index in [-0.39, 0.29) is 30.8 Å². The van der Waals surface area contributed by atoms with E-state index in [9.17, 15) is 24.0 Å². The summed E-state index contributed by atoms with van der Waals surface area (Å²) in [5.74, 6) is -2.34. The molecule has 0 spiro atoms. The summed E-state index contributed by atoms with van der Waals surface area (Å²) in [5.41, 5.74) is -0.393. The van der Waals surface area contributed by atoms with Crippen LogP contribution < -0.4 is 0 Å². The second kappa shape index (κ2) is 13.2. The van der Waals surface area contributed by atoms with Crippen molar-refractivity contribution in [3.8, 4) is 0 Å². The Labute approximate surface area is 258 Å². The van der Waals surface area contributed by atoms with E-state index in [0.717, 1.165) is 10.5 Å². The molecule has 1 fully saturated rings. The molecule has 0 aliphatic carbocycles. The maximum Gasteiger partial charge on any atom is 0.411 e. The molecule has 0 saturated carbocycles. The Balaban J connectivity index is 1.53. The van der Waals surface area contributed by atoms with Gasteiger partial charge >= 0.3 is 18.0 Å². The van der Waals surface area contributed by atoms with Gasteiger partial charge in [-0.3, -0.25) is 24.3 Å². The number of hydrogen-bond donors (Lipinski definition) is 0. The van der Waals surface area contributed by atoms with Gasteiger partial charge in [0.2, 0.25) is 0 Å². The molecule has 4 rings (SSSR count). The Morgan fingerprint density at radius 2 is 1.48 bits per heavy atom. The molecular formula is C33H41N3O8. The molecule has 3 amide bonds. The van der Waals surface area contributed by atoms with E-state index in [0.29, 0.717) is 19.5 Å². The monoisotopic (exact) mass is 607 g/mol. The highest BCUT2D eigenvalue weighted by Crippen LogP contribution is 2.36. The van der Waals surface area contributed by atoms with Crippen molar-refractivity contribution in [1.82, 2.24) is 14.7 Å². The average molecular weight is 608 g/mol. The summed E-state index contributed by atoms with van der Waals surface area (Å²) in [6.45, 7) is 10.2. The predicted molar refractivity (Wildman–Crippen MR) is 161 cm³/mol. The number of piperazine rings is 1. The summed E-state index contributed by atoms with van der Waals surface area (Å²) in [5, 5.41) is 0. The lowest BCUT2D eigenvalue weighted by molar-refractivity contribution is -0.154. The van der Waals surface area contributed by atoms with Crippen LogP contribution in [0.3, 0.4) is 0 Å². The summed E-state index contributed by atoms with van der Waals surface area (Å²) < 4.78 is 16.2. The van der Waals surface area contributed by atoms with Crippen LogP contribution in [0.15, 0.2) is 54.6 Å². The minimum absolute atomic E-state index is 0.0111. The van der Waals surface area contributed by atoms with Gasteiger partial charge in [-0.15, -0.1) is 0 Å². The molecule has 0 unspecified atom stereocenters. The summed E-state index contributed by atoms with van der Waals surface area (Å²) in [4.78, 5) is 70.7. The van der Waals surface area contributed by atoms with Crippen LogP contribution >= 0.6 is 0 Å². The number of nitrogens with zero attached hydrogens (tertiary/aromatic N) is 3. The average Bonchev–Trinajstić information content (AvgIpc) is 3.23. The number of amides is 3. The van der Waals surface area contributed by atoms with E-state index in [1.54, 1.807) is 45.0 Å². The SMILES string of the molecule is COC(=O)[C@H]1CN(CCC(C)(C)[C@H](C(=O)OCc2ccccc2)N2C(=O)c3ccccc3C2=O)CCN1C(=O)OC(C)(C)C. The van der Waals surface area contributed by atoms with E-state index >= 15 is 0 Å². The molecule has 11 nitrogen and oxygen atoms in total. The number of rotatable bonds is 9. The maximum atomic E-state index is 13.8. The first-order valence-corrected chi connectivity index (χ1v) is 14.7. The Morgan fingerprint density at radius 1 is 0.886 bits per heavy atom. The van der Waals surface area contributed by atoms with Gasteiger partial charge in [-0.2, -0.15) is 0 Å². The zero-order valence-electron chi connectivity index (χ0n) is 26.2. The first kappa shape index (κ1) is 32.7. The van der Waals surface area contributed by atoms with Crippen molar-refractivity contribution in [2.45, 2.75) is 65.3 Å². The van der Waals surface area contributed by atoms with Crippen LogP contribution in [0.4, 0.5) is 4.79 Å². The lowest BCUT2D eigenvalue weighted by atomic mass is 9.79. The van der Waals surface area contributed by atoms with Crippen molar-refractivity contribution in [2.24, 2.45) is 5.41 Å². The van der Waals surface area contributed by atoms with Crippen molar-refractivity contribution >= 4 is 29.8 Å². The molecule has 2 heterocycles. The summed E-state index contributed by atoms with van der Waals surface area (Å²) in [6.07, 6.45) is -0.231. The molecule has 0 N–H and O–H groups in total. The smallest absolute Gasteiger partial charge is 0.411 e. The summed E-state index contributed by atoms with van der Waals surface area (Å²) in [7, 11) is 1.27. The van der Waals surface area contributed by atoms with Crippen LogP contribution in [0.5, 0.6) is 0 Å². The van der Waals surface area contributed by atoms with Crippen LogP contribution in [-0.4, -0.2) is 95.5 Å². The third-order valence-electron chi connectivity index (χ3n) is 7.91. The molecule has 2 aromatic carbocycles. The van der Waals surface area contributed by atoms with Crippen molar-refractivity contribution in [3.63, 3.8) is 0 Å². The largest absolute Gasteiger partial charge is 0.467 e. The van der Waals surface area contributed by atoms with Gasteiger partial charge in [-0.1, -0.05) is 56.3 Å². The molecule has 44 heavy (non-hydrogen) atoms. The maximum absolute atomic E-state index is 13.8. The van der Waals surface area contributed by atoms with Gasteiger partial charge in [0, 0.05) is 19.6 Å². The number of methoxy groups -OCH3 is 1. The zero-order chi connectivity index (χ0) is 32.2.